The van der Waals surface area contributed by atoms with Crippen molar-refractivity contribution in [1.82, 2.24) is 0 Å². The van der Waals surface area contributed by atoms with Crippen LogP contribution in [-0.4, -0.2) is 86.7 Å². The lowest BCUT2D eigenvalue weighted by Gasteiger charge is -2.40. The summed E-state index contributed by atoms with van der Waals surface area (Å²) >= 11 is 0. The number of hydrogen-bond acceptors (Lipinski definition) is 8. The van der Waals surface area contributed by atoms with E-state index in [-0.39, 0.29) is 13.2 Å². The van der Waals surface area contributed by atoms with Gasteiger partial charge >= 0.3 is 0 Å². The van der Waals surface area contributed by atoms with E-state index in [1.807, 2.05) is 13.8 Å². The quantitative estimate of drug-likeness (QED) is 0.420. The smallest absolute Gasteiger partial charge is 0.186 e. The lowest BCUT2D eigenvalue weighted by Crippen LogP contribution is -2.59. The lowest BCUT2D eigenvalue weighted by atomic mass is 9.99. The minimum absolute atomic E-state index is 0.0329. The molecule has 1 aliphatic rings. The number of methoxy groups -OCH3 is 1. The van der Waals surface area contributed by atoms with Crippen LogP contribution in [0, 0.1) is 0 Å². The number of rotatable bonds is 8. The molecule has 134 valence electrons. The Bertz CT molecular complexity index is 270. The Labute approximate surface area is 133 Å². The Morgan fingerprint density at radius 3 is 2.18 bits per heavy atom. The molecule has 22 heavy (non-hydrogen) atoms. The summed E-state index contributed by atoms with van der Waals surface area (Å²) in [5, 5.41) is 29.4. The highest BCUT2D eigenvalue weighted by molar-refractivity contribution is 7.46. The van der Waals surface area contributed by atoms with Gasteiger partial charge in [0, 0.05) is 20.9 Å². The molecule has 0 aliphatic carbocycles. The van der Waals surface area contributed by atoms with E-state index in [4.69, 9.17) is 23.3 Å². The van der Waals surface area contributed by atoms with E-state index in [0.717, 1.165) is 0 Å². The van der Waals surface area contributed by atoms with E-state index in [1.165, 1.54) is 14.2 Å². The van der Waals surface area contributed by atoms with Crippen molar-refractivity contribution in [2.75, 3.05) is 40.7 Å². The molecule has 6 atom stereocenters. The minimum atomic E-state index is -1.37. The van der Waals surface area contributed by atoms with Crippen LogP contribution >= 0.6 is 8.38 Å². The highest BCUT2D eigenvalue weighted by Gasteiger charge is 2.44. The van der Waals surface area contributed by atoms with Crippen LogP contribution in [-0.2, 0) is 23.3 Å². The van der Waals surface area contributed by atoms with E-state index >= 15 is 0 Å². The van der Waals surface area contributed by atoms with Gasteiger partial charge in [0.05, 0.1) is 19.8 Å². The molecule has 0 aromatic carbocycles. The molecular weight excluding hydrogens is 315 g/mol. The molecular formula is C13H29O8P. The summed E-state index contributed by atoms with van der Waals surface area (Å²) in [6.45, 7) is 6.32. The zero-order valence-electron chi connectivity index (χ0n) is 13.8. The standard InChI is InChI=1S/C11H23O8P.C2H6/c1-15-4-5-17-11-10(14)9(13)8(12)7(19-11)6-18-20(3)16-2;1-2/h7-14H,4-6H2,1-3H3;1-2H3. The van der Waals surface area contributed by atoms with Gasteiger partial charge in [0.2, 0.25) is 0 Å². The van der Waals surface area contributed by atoms with Crippen LogP contribution in [0.2, 0.25) is 0 Å². The fourth-order valence-corrected chi connectivity index (χ4v) is 2.13. The summed E-state index contributed by atoms with van der Waals surface area (Å²) in [5.74, 6) is 0. The van der Waals surface area contributed by atoms with E-state index in [9.17, 15) is 15.3 Å². The van der Waals surface area contributed by atoms with Gasteiger partial charge in [0.1, 0.15) is 24.4 Å². The zero-order chi connectivity index (χ0) is 17.1. The van der Waals surface area contributed by atoms with Gasteiger partial charge in [-0.05, 0) is 0 Å². The third-order valence-electron chi connectivity index (χ3n) is 2.92. The molecule has 0 saturated carbocycles. The van der Waals surface area contributed by atoms with Crippen LogP contribution in [0.25, 0.3) is 0 Å². The fraction of sp³-hybridized carbons (Fsp3) is 1.00. The fourth-order valence-electron chi connectivity index (χ4n) is 1.67. The first-order valence-electron chi connectivity index (χ1n) is 7.22. The van der Waals surface area contributed by atoms with Crippen molar-refractivity contribution >= 4 is 8.38 Å². The first kappa shape index (κ1) is 22.1. The van der Waals surface area contributed by atoms with Crippen LogP contribution < -0.4 is 0 Å². The van der Waals surface area contributed by atoms with Gasteiger partial charge < -0.3 is 38.6 Å². The lowest BCUT2D eigenvalue weighted by molar-refractivity contribution is -0.301. The molecule has 1 saturated heterocycles. The summed E-state index contributed by atoms with van der Waals surface area (Å²) in [6, 6.07) is 0. The second-order valence-electron chi connectivity index (χ2n) is 4.30. The van der Waals surface area contributed by atoms with Crippen LogP contribution in [0.15, 0.2) is 0 Å². The van der Waals surface area contributed by atoms with E-state index < -0.39 is 39.1 Å². The molecule has 0 radical (unpaired) electrons. The number of hydrogen-bond donors (Lipinski definition) is 3. The Kier molecular flexibility index (Phi) is 12.6. The molecule has 6 unspecified atom stereocenters. The third kappa shape index (κ3) is 7.12. The molecule has 9 heteroatoms. The SMILES string of the molecule is CC.COCCOC1OC(COP(C)OC)C(O)C(O)C1O. The Balaban J connectivity index is 0.00000211. The predicted molar refractivity (Wildman–Crippen MR) is 81.7 cm³/mol. The van der Waals surface area contributed by atoms with E-state index in [0.29, 0.717) is 6.61 Å². The van der Waals surface area contributed by atoms with E-state index in [1.54, 1.807) is 6.66 Å². The van der Waals surface area contributed by atoms with Crippen LogP contribution in [0.1, 0.15) is 13.8 Å². The first-order chi connectivity index (χ1) is 10.5. The molecule has 0 aromatic rings. The second-order valence-corrected chi connectivity index (χ2v) is 5.80. The van der Waals surface area contributed by atoms with Gasteiger partial charge in [0.25, 0.3) is 0 Å². The first-order valence-corrected chi connectivity index (χ1v) is 8.84. The van der Waals surface area contributed by atoms with Crippen LogP contribution in [0.4, 0.5) is 0 Å². The van der Waals surface area contributed by atoms with Crippen LogP contribution in [0.3, 0.4) is 0 Å². The summed E-state index contributed by atoms with van der Waals surface area (Å²) < 4.78 is 25.8. The molecule has 0 bridgehead atoms. The van der Waals surface area contributed by atoms with Gasteiger partial charge in [-0.2, -0.15) is 0 Å². The molecule has 8 nitrogen and oxygen atoms in total. The molecule has 1 aliphatic heterocycles. The number of aliphatic hydroxyl groups excluding tert-OH is 3. The van der Waals surface area contributed by atoms with Crippen molar-refractivity contribution in [3.8, 4) is 0 Å². The largest absolute Gasteiger partial charge is 0.387 e. The van der Waals surface area contributed by atoms with Crippen molar-refractivity contribution in [3.63, 3.8) is 0 Å². The maximum Gasteiger partial charge on any atom is 0.186 e. The zero-order valence-corrected chi connectivity index (χ0v) is 14.7. The average Bonchev–Trinajstić information content (AvgIpc) is 2.55. The van der Waals surface area contributed by atoms with Gasteiger partial charge in [-0.25, -0.2) is 0 Å². The molecule has 0 spiro atoms. The maximum atomic E-state index is 9.85. The summed E-state index contributed by atoms with van der Waals surface area (Å²) in [4.78, 5) is 0. The Morgan fingerprint density at radius 2 is 1.64 bits per heavy atom. The molecule has 1 heterocycles. The normalized spacial score (nSPS) is 33.0. The second kappa shape index (κ2) is 12.5. The topological polar surface area (TPSA) is 107 Å². The van der Waals surface area contributed by atoms with Crippen molar-refractivity contribution in [2.24, 2.45) is 0 Å². The number of aliphatic hydroxyl groups is 3. The number of ether oxygens (including phenoxy) is 3. The van der Waals surface area contributed by atoms with E-state index in [2.05, 4.69) is 0 Å². The monoisotopic (exact) mass is 344 g/mol. The molecule has 1 fully saturated rings. The summed E-state index contributed by atoms with van der Waals surface area (Å²) in [5.41, 5.74) is 0. The van der Waals surface area contributed by atoms with Gasteiger partial charge in [-0.3, -0.25) is 0 Å². The highest BCUT2D eigenvalue weighted by atomic mass is 31.2. The average molecular weight is 344 g/mol. The maximum absolute atomic E-state index is 9.85. The Hall–Kier alpha value is 0.110. The van der Waals surface area contributed by atoms with Gasteiger partial charge in [-0.15, -0.1) is 0 Å². The third-order valence-corrected chi connectivity index (χ3v) is 3.94. The highest BCUT2D eigenvalue weighted by Crippen LogP contribution is 2.33. The molecule has 3 N–H and O–H groups in total. The molecule has 0 aromatic heterocycles. The molecule has 1 rings (SSSR count). The van der Waals surface area contributed by atoms with Crippen molar-refractivity contribution in [1.29, 1.82) is 0 Å². The minimum Gasteiger partial charge on any atom is -0.387 e. The Morgan fingerprint density at radius 1 is 1.00 bits per heavy atom. The van der Waals surface area contributed by atoms with Crippen LogP contribution in [0.5, 0.6) is 0 Å². The summed E-state index contributed by atoms with van der Waals surface area (Å²) in [7, 11) is 1.96. The van der Waals surface area contributed by atoms with Crippen molar-refractivity contribution < 1.29 is 38.6 Å². The molecule has 0 amide bonds. The predicted octanol–water partition coefficient (Wildman–Crippen LogP) is 0.0879. The van der Waals surface area contributed by atoms with Gasteiger partial charge in [-0.1, -0.05) is 13.8 Å². The van der Waals surface area contributed by atoms with Gasteiger partial charge in [0.15, 0.2) is 14.7 Å². The van der Waals surface area contributed by atoms with Crippen molar-refractivity contribution in [3.05, 3.63) is 0 Å². The van der Waals surface area contributed by atoms with Crippen molar-refractivity contribution in [2.45, 2.75) is 44.6 Å². The summed E-state index contributed by atoms with van der Waals surface area (Å²) in [6.07, 6.45) is -5.80.